The Kier molecular flexibility index (Phi) is 4.12. The Hall–Kier alpha value is -0.420. The highest BCUT2D eigenvalue weighted by Crippen LogP contribution is 2.16. The minimum atomic E-state index is -3.07. The normalized spacial score (nSPS) is 20.1. The summed E-state index contributed by atoms with van der Waals surface area (Å²) >= 11 is 0. The second-order valence-corrected chi connectivity index (χ2v) is 8.21. The second-order valence-electron chi connectivity index (χ2n) is 5.35. The summed E-state index contributed by atoms with van der Waals surface area (Å²) in [6.07, 6.45) is 1.50. The van der Waals surface area contributed by atoms with Crippen LogP contribution in [-0.2, 0) is 14.6 Å². The number of hydrogen-bond donors (Lipinski definition) is 0. The molecule has 1 saturated heterocycles. The Bertz CT molecular complexity index is 354. The SMILES string of the molecule is CC(C)(C)S(=O)(=O)CCN1CCCC(=O)C1. The molecule has 1 aliphatic rings. The standard InChI is InChI=1S/C11H21NO3S/c1-11(2,3)16(14,15)8-7-12-6-4-5-10(13)9-12/h4-9H2,1-3H3. The molecule has 0 aromatic rings. The lowest BCUT2D eigenvalue weighted by Crippen LogP contribution is -2.41. The Morgan fingerprint density at radius 3 is 2.44 bits per heavy atom. The second kappa shape index (κ2) is 4.84. The van der Waals surface area contributed by atoms with Gasteiger partial charge in [0.05, 0.1) is 17.0 Å². The fourth-order valence-electron chi connectivity index (χ4n) is 1.65. The van der Waals surface area contributed by atoms with Crippen LogP contribution in [-0.4, -0.2) is 49.2 Å². The Morgan fingerprint density at radius 2 is 1.94 bits per heavy atom. The van der Waals surface area contributed by atoms with E-state index in [1.165, 1.54) is 0 Å². The van der Waals surface area contributed by atoms with E-state index in [9.17, 15) is 13.2 Å². The summed E-state index contributed by atoms with van der Waals surface area (Å²) in [5.41, 5.74) is 0. The topological polar surface area (TPSA) is 54.5 Å². The molecular formula is C11H21NO3S. The first-order valence-electron chi connectivity index (χ1n) is 5.69. The fraction of sp³-hybridized carbons (Fsp3) is 0.909. The lowest BCUT2D eigenvalue weighted by atomic mass is 10.1. The molecule has 1 heterocycles. The van der Waals surface area contributed by atoms with Crippen LogP contribution in [0.15, 0.2) is 0 Å². The predicted octanol–water partition coefficient (Wildman–Crippen LogP) is 0.865. The highest BCUT2D eigenvalue weighted by atomic mass is 32.2. The first-order chi connectivity index (χ1) is 7.22. The quantitative estimate of drug-likeness (QED) is 0.742. The first-order valence-corrected chi connectivity index (χ1v) is 7.34. The number of sulfone groups is 1. The van der Waals surface area contributed by atoms with Crippen LogP contribution in [0.25, 0.3) is 0 Å². The molecule has 0 aromatic carbocycles. The smallest absolute Gasteiger partial charge is 0.156 e. The maximum absolute atomic E-state index is 11.9. The van der Waals surface area contributed by atoms with Gasteiger partial charge in [-0.2, -0.15) is 0 Å². The van der Waals surface area contributed by atoms with Gasteiger partial charge in [0, 0.05) is 13.0 Å². The van der Waals surface area contributed by atoms with E-state index in [0.717, 1.165) is 13.0 Å². The van der Waals surface area contributed by atoms with Gasteiger partial charge in [-0.15, -0.1) is 0 Å². The summed E-state index contributed by atoms with van der Waals surface area (Å²) in [6.45, 7) is 6.87. The van der Waals surface area contributed by atoms with Crippen LogP contribution in [0.1, 0.15) is 33.6 Å². The van der Waals surface area contributed by atoms with Gasteiger partial charge in [0.15, 0.2) is 9.84 Å². The van der Waals surface area contributed by atoms with Gasteiger partial charge in [0.2, 0.25) is 0 Å². The first kappa shape index (κ1) is 13.6. The zero-order valence-electron chi connectivity index (χ0n) is 10.3. The molecule has 0 saturated carbocycles. The summed E-state index contributed by atoms with van der Waals surface area (Å²) in [4.78, 5) is 13.1. The van der Waals surface area contributed by atoms with Crippen molar-refractivity contribution in [3.63, 3.8) is 0 Å². The maximum Gasteiger partial charge on any atom is 0.156 e. The zero-order chi connectivity index (χ0) is 12.4. The van der Waals surface area contributed by atoms with Crippen molar-refractivity contribution in [1.82, 2.24) is 4.90 Å². The van der Waals surface area contributed by atoms with E-state index in [4.69, 9.17) is 0 Å². The molecule has 0 aliphatic carbocycles. The molecule has 94 valence electrons. The van der Waals surface area contributed by atoms with Crippen LogP contribution in [0.4, 0.5) is 0 Å². The van der Waals surface area contributed by atoms with Crippen molar-refractivity contribution in [3.8, 4) is 0 Å². The average molecular weight is 247 g/mol. The van der Waals surface area contributed by atoms with Crippen LogP contribution in [0.3, 0.4) is 0 Å². The number of likely N-dealkylation sites (tertiary alicyclic amines) is 1. The maximum atomic E-state index is 11.9. The van der Waals surface area contributed by atoms with E-state index in [2.05, 4.69) is 0 Å². The van der Waals surface area contributed by atoms with Gasteiger partial charge in [0.25, 0.3) is 0 Å². The van der Waals surface area contributed by atoms with Crippen LogP contribution in [0, 0.1) is 0 Å². The van der Waals surface area contributed by atoms with E-state index >= 15 is 0 Å². The molecule has 0 bridgehead atoms. The lowest BCUT2D eigenvalue weighted by molar-refractivity contribution is -0.122. The molecule has 0 amide bonds. The number of carbonyl (C=O) groups excluding carboxylic acids is 1. The van der Waals surface area contributed by atoms with Crippen molar-refractivity contribution < 1.29 is 13.2 Å². The summed E-state index contributed by atoms with van der Waals surface area (Å²) in [5.74, 6) is 0.364. The molecule has 5 heteroatoms. The van der Waals surface area contributed by atoms with E-state index < -0.39 is 14.6 Å². The summed E-state index contributed by atoms with van der Waals surface area (Å²) in [5, 5.41) is 0. The Balaban J connectivity index is 2.49. The van der Waals surface area contributed by atoms with Gasteiger partial charge in [-0.25, -0.2) is 8.42 Å². The molecule has 0 unspecified atom stereocenters. The van der Waals surface area contributed by atoms with Gasteiger partial charge in [-0.05, 0) is 33.7 Å². The number of carbonyl (C=O) groups is 1. The van der Waals surface area contributed by atoms with E-state index in [1.54, 1.807) is 20.8 Å². The average Bonchev–Trinajstić information content (AvgIpc) is 2.13. The van der Waals surface area contributed by atoms with Crippen molar-refractivity contribution >= 4 is 15.6 Å². The van der Waals surface area contributed by atoms with Crippen molar-refractivity contribution in [2.45, 2.75) is 38.4 Å². The van der Waals surface area contributed by atoms with Crippen LogP contribution in [0.2, 0.25) is 0 Å². The highest BCUT2D eigenvalue weighted by Gasteiger charge is 2.29. The molecule has 0 radical (unpaired) electrons. The Morgan fingerprint density at radius 1 is 1.31 bits per heavy atom. The number of hydrogen-bond acceptors (Lipinski definition) is 4. The molecule has 0 aromatic heterocycles. The van der Waals surface area contributed by atoms with Gasteiger partial charge in [-0.1, -0.05) is 0 Å². The monoisotopic (exact) mass is 247 g/mol. The lowest BCUT2D eigenvalue weighted by Gasteiger charge is -2.27. The van der Waals surface area contributed by atoms with Gasteiger partial charge in [-0.3, -0.25) is 9.69 Å². The minimum absolute atomic E-state index is 0.143. The number of piperidine rings is 1. The summed E-state index contributed by atoms with van der Waals surface area (Å²) < 4.78 is 23.0. The summed E-state index contributed by atoms with van der Waals surface area (Å²) in [6, 6.07) is 0. The molecule has 16 heavy (non-hydrogen) atoms. The third-order valence-corrected chi connectivity index (χ3v) is 5.53. The van der Waals surface area contributed by atoms with Gasteiger partial charge in [0.1, 0.15) is 5.78 Å². The third-order valence-electron chi connectivity index (χ3n) is 2.94. The highest BCUT2D eigenvalue weighted by molar-refractivity contribution is 7.92. The van der Waals surface area contributed by atoms with Crippen molar-refractivity contribution in [1.29, 1.82) is 0 Å². The molecular weight excluding hydrogens is 226 g/mol. The van der Waals surface area contributed by atoms with Crippen LogP contribution >= 0.6 is 0 Å². The number of ketones is 1. The number of rotatable bonds is 3. The van der Waals surface area contributed by atoms with Crippen LogP contribution < -0.4 is 0 Å². The van der Waals surface area contributed by atoms with E-state index in [0.29, 0.717) is 19.5 Å². The molecule has 1 rings (SSSR count). The van der Waals surface area contributed by atoms with Gasteiger partial charge >= 0.3 is 0 Å². The van der Waals surface area contributed by atoms with Gasteiger partial charge < -0.3 is 0 Å². The molecule has 0 N–H and O–H groups in total. The number of Topliss-reactive ketones (excluding diaryl/α,β-unsaturated/α-hetero) is 1. The van der Waals surface area contributed by atoms with Crippen LogP contribution in [0.5, 0.6) is 0 Å². The largest absolute Gasteiger partial charge is 0.298 e. The van der Waals surface area contributed by atoms with E-state index in [1.807, 2.05) is 4.90 Å². The van der Waals surface area contributed by atoms with Crippen molar-refractivity contribution in [3.05, 3.63) is 0 Å². The summed E-state index contributed by atoms with van der Waals surface area (Å²) in [7, 11) is -3.07. The molecule has 4 nitrogen and oxygen atoms in total. The molecule has 0 spiro atoms. The Labute approximate surface area is 97.9 Å². The third kappa shape index (κ3) is 3.56. The molecule has 1 aliphatic heterocycles. The van der Waals surface area contributed by atoms with Crippen molar-refractivity contribution in [2.24, 2.45) is 0 Å². The predicted molar refractivity (Wildman–Crippen MR) is 64.2 cm³/mol. The zero-order valence-corrected chi connectivity index (χ0v) is 11.1. The molecule has 0 atom stereocenters. The number of nitrogens with zero attached hydrogens (tertiary/aromatic N) is 1. The minimum Gasteiger partial charge on any atom is -0.298 e. The fourth-order valence-corrected chi connectivity index (χ4v) is 2.76. The molecule has 1 fully saturated rings. The van der Waals surface area contributed by atoms with Crippen molar-refractivity contribution in [2.75, 3.05) is 25.4 Å². The van der Waals surface area contributed by atoms with E-state index in [-0.39, 0.29) is 11.5 Å².